The molecule has 1 aromatic carbocycles. The predicted octanol–water partition coefficient (Wildman–Crippen LogP) is 1.59. The molecule has 2 N–H and O–H groups in total. The summed E-state index contributed by atoms with van der Waals surface area (Å²) in [7, 11) is 0. The molecule has 0 aliphatic rings. The first-order chi connectivity index (χ1) is 13.0. The fourth-order valence-corrected chi connectivity index (χ4v) is 2.51. The number of anilines is 1. The average Bonchev–Trinajstić information content (AvgIpc) is 2.66. The van der Waals surface area contributed by atoms with E-state index in [4.69, 9.17) is 11.6 Å². The van der Waals surface area contributed by atoms with Crippen LogP contribution in [0.5, 0.6) is 0 Å². The van der Waals surface area contributed by atoms with E-state index < -0.39 is 0 Å². The lowest BCUT2D eigenvalue weighted by Crippen LogP contribution is -2.34. The minimum absolute atomic E-state index is 0.0704. The van der Waals surface area contributed by atoms with Gasteiger partial charge in [-0.15, -0.1) is 0 Å². The number of carbonyl (C=O) groups excluding carboxylic acids is 2. The van der Waals surface area contributed by atoms with Crippen LogP contribution in [0.25, 0.3) is 10.9 Å². The molecular weight excluding hydrogens is 370 g/mol. The van der Waals surface area contributed by atoms with Gasteiger partial charge in [-0.05, 0) is 24.3 Å². The van der Waals surface area contributed by atoms with Crippen molar-refractivity contribution in [3.63, 3.8) is 0 Å². The molecule has 0 aliphatic heterocycles. The highest BCUT2D eigenvalue weighted by molar-refractivity contribution is 6.30. The first-order valence-corrected chi connectivity index (χ1v) is 8.53. The maximum atomic E-state index is 12.3. The van der Waals surface area contributed by atoms with E-state index in [0.29, 0.717) is 21.7 Å². The van der Waals surface area contributed by atoms with Gasteiger partial charge < -0.3 is 10.6 Å². The highest BCUT2D eigenvalue weighted by atomic mass is 35.5. The summed E-state index contributed by atoms with van der Waals surface area (Å²) < 4.78 is 1.23. The summed E-state index contributed by atoms with van der Waals surface area (Å²) >= 11 is 5.73. The van der Waals surface area contributed by atoms with Crippen LogP contribution in [0.4, 0.5) is 5.82 Å². The van der Waals surface area contributed by atoms with E-state index in [0.717, 1.165) is 0 Å². The Bertz CT molecular complexity index is 1030. The van der Waals surface area contributed by atoms with Crippen LogP contribution >= 0.6 is 11.6 Å². The molecule has 3 aromatic rings. The maximum absolute atomic E-state index is 12.3. The molecule has 3 rings (SSSR count). The first kappa shape index (κ1) is 18.5. The number of amides is 2. The number of fused-ring (bicyclic) bond motifs is 1. The third-order valence-corrected chi connectivity index (χ3v) is 3.94. The van der Waals surface area contributed by atoms with Crippen molar-refractivity contribution < 1.29 is 9.59 Å². The standard InChI is InChI=1S/C18H16ClN5O3/c19-12-5-6-15(21-9-12)23-16(25)7-8-20-17(26)10-24-11-22-14-4-2-1-3-13(14)18(24)27/h1-6,9,11H,7-8,10H2,(H,20,26)(H,21,23,25). The Kier molecular flexibility index (Phi) is 5.77. The number of carbonyl (C=O) groups is 2. The number of hydrogen-bond acceptors (Lipinski definition) is 5. The highest BCUT2D eigenvalue weighted by Gasteiger charge is 2.09. The molecule has 0 bridgehead atoms. The molecule has 0 radical (unpaired) electrons. The van der Waals surface area contributed by atoms with E-state index in [9.17, 15) is 14.4 Å². The molecule has 2 aromatic heterocycles. The van der Waals surface area contributed by atoms with Gasteiger partial charge in [0.1, 0.15) is 12.4 Å². The molecule has 0 fully saturated rings. The minimum atomic E-state index is -0.383. The van der Waals surface area contributed by atoms with Crippen molar-refractivity contribution in [3.8, 4) is 0 Å². The third-order valence-electron chi connectivity index (χ3n) is 3.71. The van der Waals surface area contributed by atoms with Gasteiger partial charge >= 0.3 is 0 Å². The Balaban J connectivity index is 1.50. The number of pyridine rings is 1. The zero-order valence-corrected chi connectivity index (χ0v) is 14.9. The SMILES string of the molecule is O=C(Cn1cnc2ccccc2c1=O)NCCC(=O)Nc1ccc(Cl)cn1. The zero-order valence-electron chi connectivity index (χ0n) is 14.2. The van der Waals surface area contributed by atoms with Crippen LogP contribution in [-0.2, 0) is 16.1 Å². The van der Waals surface area contributed by atoms with Crippen molar-refractivity contribution in [3.05, 3.63) is 64.3 Å². The number of para-hydroxylation sites is 1. The van der Waals surface area contributed by atoms with Gasteiger partial charge in [0.05, 0.1) is 22.3 Å². The van der Waals surface area contributed by atoms with E-state index in [1.807, 2.05) is 0 Å². The monoisotopic (exact) mass is 385 g/mol. The number of nitrogens with one attached hydrogen (secondary N) is 2. The highest BCUT2D eigenvalue weighted by Crippen LogP contribution is 2.09. The molecule has 0 saturated heterocycles. The summed E-state index contributed by atoms with van der Waals surface area (Å²) in [4.78, 5) is 44.3. The smallest absolute Gasteiger partial charge is 0.261 e. The summed E-state index contributed by atoms with van der Waals surface area (Å²) in [5.41, 5.74) is 0.286. The zero-order chi connectivity index (χ0) is 19.2. The summed E-state index contributed by atoms with van der Waals surface area (Å²) in [6.45, 7) is -0.0367. The Morgan fingerprint density at radius 2 is 1.89 bits per heavy atom. The van der Waals surface area contributed by atoms with Crippen LogP contribution in [0.3, 0.4) is 0 Å². The lowest BCUT2D eigenvalue weighted by atomic mass is 10.2. The van der Waals surface area contributed by atoms with Gasteiger partial charge in [-0.25, -0.2) is 9.97 Å². The van der Waals surface area contributed by atoms with Crippen molar-refractivity contribution in [1.82, 2.24) is 19.9 Å². The fourth-order valence-electron chi connectivity index (χ4n) is 2.40. The number of halogens is 1. The van der Waals surface area contributed by atoms with Gasteiger partial charge in [0.2, 0.25) is 11.8 Å². The summed E-state index contributed by atoms with van der Waals surface area (Å²) in [5, 5.41) is 6.12. The lowest BCUT2D eigenvalue weighted by molar-refractivity contribution is -0.121. The van der Waals surface area contributed by atoms with Gasteiger partial charge in [-0.2, -0.15) is 0 Å². The van der Waals surface area contributed by atoms with Gasteiger partial charge in [0.15, 0.2) is 0 Å². The van der Waals surface area contributed by atoms with Crippen LogP contribution in [0, 0.1) is 0 Å². The van der Waals surface area contributed by atoms with E-state index in [1.165, 1.54) is 17.1 Å². The van der Waals surface area contributed by atoms with Crippen LogP contribution in [-0.4, -0.2) is 32.9 Å². The maximum Gasteiger partial charge on any atom is 0.261 e. The summed E-state index contributed by atoms with van der Waals surface area (Å²) in [6.07, 6.45) is 2.83. The molecule has 9 heteroatoms. The van der Waals surface area contributed by atoms with Crippen molar-refractivity contribution in [2.45, 2.75) is 13.0 Å². The van der Waals surface area contributed by atoms with Gasteiger partial charge in [-0.1, -0.05) is 23.7 Å². The van der Waals surface area contributed by atoms with Crippen molar-refractivity contribution in [2.24, 2.45) is 0 Å². The first-order valence-electron chi connectivity index (χ1n) is 8.15. The van der Waals surface area contributed by atoms with E-state index >= 15 is 0 Å². The second-order valence-electron chi connectivity index (χ2n) is 5.70. The van der Waals surface area contributed by atoms with Gasteiger partial charge in [-0.3, -0.25) is 19.0 Å². The molecule has 0 unspecified atom stereocenters. The van der Waals surface area contributed by atoms with Gasteiger partial charge in [0, 0.05) is 19.2 Å². The second-order valence-corrected chi connectivity index (χ2v) is 6.14. The molecule has 27 heavy (non-hydrogen) atoms. The Hall–Kier alpha value is -3.26. The molecule has 0 spiro atoms. The quantitative estimate of drug-likeness (QED) is 0.670. The summed E-state index contributed by atoms with van der Waals surface area (Å²) in [5.74, 6) is -0.300. The van der Waals surface area contributed by atoms with E-state index in [-0.39, 0.29) is 36.9 Å². The number of rotatable bonds is 6. The van der Waals surface area contributed by atoms with Crippen molar-refractivity contribution in [1.29, 1.82) is 0 Å². The third kappa shape index (κ3) is 4.89. The molecule has 2 heterocycles. The van der Waals surface area contributed by atoms with E-state index in [1.54, 1.807) is 36.4 Å². The molecule has 8 nitrogen and oxygen atoms in total. The minimum Gasteiger partial charge on any atom is -0.354 e. The fraction of sp³-hybridized carbons (Fsp3) is 0.167. The lowest BCUT2D eigenvalue weighted by Gasteiger charge is -2.08. The van der Waals surface area contributed by atoms with Crippen molar-refractivity contribution in [2.75, 3.05) is 11.9 Å². The Morgan fingerprint density at radius 3 is 2.67 bits per heavy atom. The number of aromatic nitrogens is 3. The normalized spacial score (nSPS) is 10.6. The molecule has 0 atom stereocenters. The van der Waals surface area contributed by atoms with E-state index in [2.05, 4.69) is 20.6 Å². The van der Waals surface area contributed by atoms with Gasteiger partial charge in [0.25, 0.3) is 5.56 Å². The largest absolute Gasteiger partial charge is 0.354 e. The Morgan fingerprint density at radius 1 is 1.07 bits per heavy atom. The van der Waals surface area contributed by atoms with Crippen LogP contribution in [0.15, 0.2) is 53.7 Å². The topological polar surface area (TPSA) is 106 Å². The Labute approximate surface area is 159 Å². The molecular formula is C18H16ClN5O3. The number of hydrogen-bond donors (Lipinski definition) is 2. The molecule has 0 aliphatic carbocycles. The van der Waals surface area contributed by atoms with Crippen molar-refractivity contribution >= 4 is 40.1 Å². The molecule has 0 saturated carbocycles. The molecule has 2 amide bonds. The predicted molar refractivity (Wildman–Crippen MR) is 102 cm³/mol. The summed E-state index contributed by atoms with van der Waals surface area (Å²) in [6, 6.07) is 10.1. The second kappa shape index (κ2) is 8.41. The number of nitrogens with zero attached hydrogens (tertiary/aromatic N) is 3. The molecule has 138 valence electrons. The van der Waals surface area contributed by atoms with Crippen LogP contribution in [0.1, 0.15) is 6.42 Å². The number of benzene rings is 1. The van der Waals surface area contributed by atoms with Crippen LogP contribution < -0.4 is 16.2 Å². The van der Waals surface area contributed by atoms with Crippen LogP contribution in [0.2, 0.25) is 5.02 Å². The average molecular weight is 386 g/mol.